The highest BCUT2D eigenvalue weighted by atomic mass is 79.9. The Morgan fingerprint density at radius 1 is 1.17 bits per heavy atom. The molecule has 3 aromatic rings. The molecular weight excluding hydrogens is 519 g/mol. The van der Waals surface area contributed by atoms with Crippen molar-refractivity contribution in [1.29, 1.82) is 0 Å². The number of anilines is 1. The Kier molecular flexibility index (Phi) is 5.91. The van der Waals surface area contributed by atoms with Crippen LogP contribution in [0, 0.1) is 13.8 Å². The van der Waals surface area contributed by atoms with Gasteiger partial charge in [0.25, 0.3) is 5.91 Å². The summed E-state index contributed by atoms with van der Waals surface area (Å²) in [6.07, 6.45) is -4.63. The number of hydrogen-bond donors (Lipinski definition) is 1. The van der Waals surface area contributed by atoms with Gasteiger partial charge in [-0.1, -0.05) is 12.1 Å². The first-order valence-corrected chi connectivity index (χ1v) is 9.97. The molecule has 0 atom stereocenters. The number of aromatic nitrogens is 4. The summed E-state index contributed by atoms with van der Waals surface area (Å²) >= 11 is 6.33. The molecule has 29 heavy (non-hydrogen) atoms. The zero-order valence-corrected chi connectivity index (χ0v) is 18.8. The number of benzene rings is 1. The van der Waals surface area contributed by atoms with Crippen molar-refractivity contribution in [2.45, 2.75) is 26.6 Å². The number of nitrogens with one attached hydrogen (secondary N) is 1. The molecular formula is C18H16Br2F3N5O. The molecule has 0 radical (unpaired) electrons. The normalized spacial score (nSPS) is 11.7. The molecule has 2 heterocycles. The van der Waals surface area contributed by atoms with Crippen molar-refractivity contribution in [1.82, 2.24) is 19.6 Å². The van der Waals surface area contributed by atoms with Gasteiger partial charge in [-0.25, -0.2) is 0 Å². The van der Waals surface area contributed by atoms with Crippen molar-refractivity contribution in [3.8, 4) is 0 Å². The maximum Gasteiger partial charge on any atom is 0.434 e. The zero-order chi connectivity index (χ0) is 21.5. The van der Waals surface area contributed by atoms with Crippen LogP contribution in [0.2, 0.25) is 0 Å². The Morgan fingerprint density at radius 2 is 1.86 bits per heavy atom. The van der Waals surface area contributed by atoms with Crippen LogP contribution in [0.3, 0.4) is 0 Å². The topological polar surface area (TPSA) is 64.7 Å². The molecule has 0 saturated heterocycles. The van der Waals surface area contributed by atoms with Gasteiger partial charge < -0.3 is 5.32 Å². The predicted molar refractivity (Wildman–Crippen MR) is 109 cm³/mol. The fourth-order valence-corrected chi connectivity index (χ4v) is 3.92. The number of rotatable bonds is 4. The minimum Gasteiger partial charge on any atom is -0.321 e. The summed E-state index contributed by atoms with van der Waals surface area (Å²) in [6, 6.07) is 7.02. The number of hydrogen-bond acceptors (Lipinski definition) is 3. The van der Waals surface area contributed by atoms with Crippen molar-refractivity contribution < 1.29 is 18.0 Å². The van der Waals surface area contributed by atoms with Crippen LogP contribution < -0.4 is 5.32 Å². The number of aryl methyl sites for hydroxylation is 2. The zero-order valence-electron chi connectivity index (χ0n) is 15.6. The summed E-state index contributed by atoms with van der Waals surface area (Å²) in [5.41, 5.74) is 1.79. The standard InChI is InChI=1S/C18H16Br2F3N5O/c1-9-13(19)10(2)28(25-9)8-11-5-4-6-12(7-11)24-17(29)15-14(20)16(18(21,22)23)27(3)26-15/h4-7H,8H2,1-3H3,(H,24,29). The van der Waals surface area contributed by atoms with Crippen molar-refractivity contribution in [2.75, 3.05) is 5.32 Å². The van der Waals surface area contributed by atoms with Gasteiger partial charge in [0.15, 0.2) is 11.4 Å². The van der Waals surface area contributed by atoms with E-state index in [-0.39, 0.29) is 5.69 Å². The third-order valence-corrected chi connectivity index (χ3v) is 6.18. The summed E-state index contributed by atoms with van der Waals surface area (Å²) in [6.45, 7) is 4.31. The summed E-state index contributed by atoms with van der Waals surface area (Å²) in [7, 11) is 1.14. The highest BCUT2D eigenvalue weighted by Crippen LogP contribution is 2.36. The van der Waals surface area contributed by atoms with Crippen LogP contribution in [0.25, 0.3) is 0 Å². The Bertz CT molecular complexity index is 1090. The molecule has 6 nitrogen and oxygen atoms in total. The van der Waals surface area contributed by atoms with E-state index in [4.69, 9.17) is 0 Å². The Morgan fingerprint density at radius 3 is 2.41 bits per heavy atom. The molecule has 0 fully saturated rings. The molecule has 2 aromatic heterocycles. The van der Waals surface area contributed by atoms with E-state index in [1.807, 2.05) is 24.6 Å². The van der Waals surface area contributed by atoms with Gasteiger partial charge in [-0.05, 0) is 63.4 Å². The molecule has 1 N–H and O–H groups in total. The lowest BCUT2D eigenvalue weighted by molar-refractivity contribution is -0.144. The van der Waals surface area contributed by atoms with Gasteiger partial charge in [-0.2, -0.15) is 23.4 Å². The summed E-state index contributed by atoms with van der Waals surface area (Å²) in [4.78, 5) is 12.5. The number of amides is 1. The van der Waals surface area contributed by atoms with E-state index in [0.717, 1.165) is 28.5 Å². The van der Waals surface area contributed by atoms with Crippen LogP contribution in [0.5, 0.6) is 0 Å². The van der Waals surface area contributed by atoms with E-state index in [9.17, 15) is 18.0 Å². The molecule has 0 aliphatic heterocycles. The maximum absolute atomic E-state index is 13.1. The van der Waals surface area contributed by atoms with E-state index in [0.29, 0.717) is 16.9 Å². The fourth-order valence-electron chi connectivity index (χ4n) is 2.89. The SMILES string of the molecule is Cc1nn(Cc2cccc(NC(=O)c3nn(C)c(C(F)(F)F)c3Br)c2)c(C)c1Br. The molecule has 154 valence electrons. The number of carbonyl (C=O) groups is 1. The number of nitrogens with zero attached hydrogens (tertiary/aromatic N) is 4. The average Bonchev–Trinajstić information content (AvgIpc) is 3.05. The fraction of sp³-hybridized carbons (Fsp3) is 0.278. The first-order valence-electron chi connectivity index (χ1n) is 8.38. The van der Waals surface area contributed by atoms with E-state index >= 15 is 0 Å². The second-order valence-corrected chi connectivity index (χ2v) is 8.02. The lowest BCUT2D eigenvalue weighted by Crippen LogP contribution is -2.14. The quantitative estimate of drug-likeness (QED) is 0.508. The van der Waals surface area contributed by atoms with Crippen LogP contribution in [-0.4, -0.2) is 25.5 Å². The van der Waals surface area contributed by atoms with Crippen molar-refractivity contribution in [3.05, 3.63) is 61.6 Å². The third-order valence-electron chi connectivity index (χ3n) is 4.28. The highest BCUT2D eigenvalue weighted by Gasteiger charge is 2.39. The Balaban J connectivity index is 1.82. The van der Waals surface area contributed by atoms with Crippen LogP contribution in [0.1, 0.15) is 33.1 Å². The number of halogens is 5. The van der Waals surface area contributed by atoms with E-state index in [1.165, 1.54) is 0 Å². The summed E-state index contributed by atoms with van der Waals surface area (Å²) in [5, 5.41) is 10.7. The first-order chi connectivity index (χ1) is 13.5. The van der Waals surface area contributed by atoms with Gasteiger partial charge in [0.05, 0.1) is 26.9 Å². The molecule has 11 heteroatoms. The Hall–Kier alpha value is -2.14. The van der Waals surface area contributed by atoms with Gasteiger partial charge in [0.1, 0.15) is 0 Å². The lowest BCUT2D eigenvalue weighted by Gasteiger charge is -2.08. The Labute approximate surface area is 181 Å². The predicted octanol–water partition coefficient (Wildman–Crippen LogP) is 5.08. The second-order valence-electron chi connectivity index (χ2n) is 6.43. The molecule has 0 saturated carbocycles. The molecule has 0 bridgehead atoms. The van der Waals surface area contributed by atoms with Gasteiger partial charge in [0, 0.05) is 12.7 Å². The molecule has 1 amide bonds. The molecule has 0 aliphatic carbocycles. The van der Waals surface area contributed by atoms with E-state index < -0.39 is 22.3 Å². The largest absolute Gasteiger partial charge is 0.434 e. The molecule has 0 unspecified atom stereocenters. The maximum atomic E-state index is 13.1. The number of alkyl halides is 3. The summed E-state index contributed by atoms with van der Waals surface area (Å²) < 4.78 is 42.3. The number of carbonyl (C=O) groups excluding carboxylic acids is 1. The van der Waals surface area contributed by atoms with Crippen LogP contribution in [0.4, 0.5) is 18.9 Å². The molecule has 0 spiro atoms. The molecule has 0 aliphatic rings. The second kappa shape index (κ2) is 7.94. The minimum absolute atomic E-state index is 0.340. The minimum atomic E-state index is -4.63. The molecule has 1 aromatic carbocycles. The van der Waals surface area contributed by atoms with Gasteiger partial charge in [0.2, 0.25) is 0 Å². The monoisotopic (exact) mass is 533 g/mol. The molecule has 3 rings (SSSR count). The van der Waals surface area contributed by atoms with Crippen LogP contribution in [-0.2, 0) is 19.8 Å². The van der Waals surface area contributed by atoms with E-state index in [1.54, 1.807) is 18.2 Å². The summed E-state index contributed by atoms with van der Waals surface area (Å²) in [5.74, 6) is -0.742. The van der Waals surface area contributed by atoms with Crippen molar-refractivity contribution >= 4 is 43.5 Å². The van der Waals surface area contributed by atoms with Crippen molar-refractivity contribution in [2.24, 2.45) is 7.05 Å². The van der Waals surface area contributed by atoms with Gasteiger partial charge in [-0.15, -0.1) is 0 Å². The third kappa shape index (κ3) is 4.40. The first kappa shape index (κ1) is 21.6. The highest BCUT2D eigenvalue weighted by molar-refractivity contribution is 9.10. The lowest BCUT2D eigenvalue weighted by atomic mass is 10.2. The van der Waals surface area contributed by atoms with Crippen LogP contribution >= 0.6 is 31.9 Å². The van der Waals surface area contributed by atoms with Gasteiger partial charge >= 0.3 is 6.18 Å². The van der Waals surface area contributed by atoms with Crippen molar-refractivity contribution in [3.63, 3.8) is 0 Å². The average molecular weight is 535 g/mol. The van der Waals surface area contributed by atoms with E-state index in [2.05, 4.69) is 47.4 Å². The van der Waals surface area contributed by atoms with Crippen LogP contribution in [0.15, 0.2) is 33.2 Å². The van der Waals surface area contributed by atoms with Gasteiger partial charge in [-0.3, -0.25) is 14.2 Å². The smallest absolute Gasteiger partial charge is 0.321 e.